The third-order valence-electron chi connectivity index (χ3n) is 2.89. The largest absolute Gasteiger partial charge is 0.480 e. The third-order valence-corrected chi connectivity index (χ3v) is 2.89. The van der Waals surface area contributed by atoms with Gasteiger partial charge in [-0.1, -0.05) is 13.0 Å². The van der Waals surface area contributed by atoms with Crippen LogP contribution in [0.1, 0.15) is 20.3 Å². The van der Waals surface area contributed by atoms with Crippen LogP contribution in [0.25, 0.3) is 0 Å². The lowest BCUT2D eigenvalue weighted by Crippen LogP contribution is -2.44. The van der Waals surface area contributed by atoms with Gasteiger partial charge < -0.3 is 20.6 Å². The zero-order chi connectivity index (χ0) is 16.0. The molecule has 114 valence electrons. The average molecular weight is 293 g/mol. The normalized spacial score (nSPS) is 11.4. The van der Waals surface area contributed by atoms with Crippen LogP contribution >= 0.6 is 0 Å². The van der Waals surface area contributed by atoms with Gasteiger partial charge in [-0.05, 0) is 24.6 Å². The van der Waals surface area contributed by atoms with E-state index in [2.05, 4.69) is 10.6 Å². The Bertz CT molecular complexity index is 545. The molecule has 0 spiro atoms. The molecule has 7 heteroatoms. The highest BCUT2D eigenvalue weighted by atomic mass is 16.4. The van der Waals surface area contributed by atoms with Crippen molar-refractivity contribution in [3.05, 3.63) is 24.3 Å². The van der Waals surface area contributed by atoms with Crippen LogP contribution in [0.3, 0.4) is 0 Å². The van der Waals surface area contributed by atoms with E-state index in [9.17, 15) is 14.4 Å². The molecular formula is C14H19N3O4. The molecule has 0 aliphatic carbocycles. The molecule has 0 aliphatic rings. The topological polar surface area (TPSA) is 98.7 Å². The summed E-state index contributed by atoms with van der Waals surface area (Å²) in [6.45, 7) is 3.08. The van der Waals surface area contributed by atoms with Gasteiger partial charge in [0.15, 0.2) is 0 Å². The number of amides is 3. The first-order chi connectivity index (χ1) is 9.85. The van der Waals surface area contributed by atoms with E-state index in [-0.39, 0.29) is 5.91 Å². The maximum atomic E-state index is 12.0. The molecule has 0 saturated carbocycles. The van der Waals surface area contributed by atoms with Crippen molar-refractivity contribution < 1.29 is 19.5 Å². The van der Waals surface area contributed by atoms with E-state index in [4.69, 9.17) is 5.11 Å². The Kier molecular flexibility index (Phi) is 5.71. The molecule has 0 saturated heterocycles. The third kappa shape index (κ3) is 4.79. The lowest BCUT2D eigenvalue weighted by molar-refractivity contribution is -0.141. The number of carbonyl (C=O) groups is 3. The second kappa shape index (κ2) is 7.28. The molecule has 3 N–H and O–H groups in total. The van der Waals surface area contributed by atoms with E-state index in [1.165, 1.54) is 14.0 Å². The number of carboxylic acids is 1. The van der Waals surface area contributed by atoms with Gasteiger partial charge in [0, 0.05) is 25.3 Å². The number of nitrogens with one attached hydrogen (secondary N) is 2. The van der Waals surface area contributed by atoms with Crippen molar-refractivity contribution in [3.63, 3.8) is 0 Å². The Labute approximate surface area is 122 Å². The minimum Gasteiger partial charge on any atom is -0.480 e. The summed E-state index contributed by atoms with van der Waals surface area (Å²) in [6, 6.07) is 5.20. The molecule has 0 bridgehead atoms. The maximum absolute atomic E-state index is 12.0. The van der Waals surface area contributed by atoms with Crippen molar-refractivity contribution in [1.82, 2.24) is 4.90 Å². The molecule has 1 aromatic rings. The molecule has 1 aromatic carbocycles. The molecule has 1 unspecified atom stereocenters. The van der Waals surface area contributed by atoms with Gasteiger partial charge in [0.05, 0.1) is 0 Å². The van der Waals surface area contributed by atoms with Crippen molar-refractivity contribution in [3.8, 4) is 0 Å². The highest BCUT2D eigenvalue weighted by Gasteiger charge is 2.24. The standard InChI is InChI=1S/C14H19N3O4/c1-4-12(13(19)20)17(3)14(21)16-11-7-5-6-10(8-11)15-9(2)18/h5-8,12H,4H2,1-3H3,(H,15,18)(H,16,21)(H,19,20). The van der Waals surface area contributed by atoms with Crippen LogP contribution in [0.4, 0.5) is 16.2 Å². The number of anilines is 2. The van der Waals surface area contributed by atoms with Gasteiger partial charge in [-0.3, -0.25) is 4.79 Å². The molecular weight excluding hydrogens is 274 g/mol. The first-order valence-corrected chi connectivity index (χ1v) is 6.49. The number of hydrogen-bond acceptors (Lipinski definition) is 3. The number of urea groups is 1. The van der Waals surface area contributed by atoms with E-state index in [1.807, 2.05) is 0 Å². The molecule has 0 fully saturated rings. The predicted octanol–water partition coefficient (Wildman–Crippen LogP) is 1.97. The van der Waals surface area contributed by atoms with Gasteiger partial charge in [0.2, 0.25) is 5.91 Å². The van der Waals surface area contributed by atoms with Crippen molar-refractivity contribution >= 4 is 29.3 Å². The van der Waals surface area contributed by atoms with Gasteiger partial charge >= 0.3 is 12.0 Å². The summed E-state index contributed by atoms with van der Waals surface area (Å²) in [4.78, 5) is 35.2. The molecule has 1 atom stereocenters. The number of benzene rings is 1. The van der Waals surface area contributed by atoms with Crippen LogP contribution in [-0.2, 0) is 9.59 Å². The molecule has 1 rings (SSSR count). The number of likely N-dealkylation sites (N-methyl/N-ethyl adjacent to an activating group) is 1. The fourth-order valence-electron chi connectivity index (χ4n) is 1.85. The minimum atomic E-state index is -1.05. The van der Waals surface area contributed by atoms with E-state index >= 15 is 0 Å². The van der Waals surface area contributed by atoms with Crippen LogP contribution in [0.5, 0.6) is 0 Å². The lowest BCUT2D eigenvalue weighted by atomic mass is 10.2. The second-order valence-electron chi connectivity index (χ2n) is 4.57. The van der Waals surface area contributed by atoms with Crippen LogP contribution in [-0.4, -0.2) is 41.0 Å². The van der Waals surface area contributed by atoms with Crippen molar-refractivity contribution in [1.29, 1.82) is 0 Å². The average Bonchev–Trinajstić information content (AvgIpc) is 2.38. The first kappa shape index (κ1) is 16.5. The minimum absolute atomic E-state index is 0.215. The van der Waals surface area contributed by atoms with E-state index in [0.29, 0.717) is 17.8 Å². The molecule has 0 radical (unpaired) electrons. The fourth-order valence-corrected chi connectivity index (χ4v) is 1.85. The number of rotatable bonds is 5. The molecule has 21 heavy (non-hydrogen) atoms. The highest BCUT2D eigenvalue weighted by Crippen LogP contribution is 2.16. The number of nitrogens with zero attached hydrogens (tertiary/aromatic N) is 1. The molecule has 0 aromatic heterocycles. The zero-order valence-electron chi connectivity index (χ0n) is 12.2. The summed E-state index contributed by atoms with van der Waals surface area (Å²) in [5, 5.41) is 14.2. The van der Waals surface area contributed by atoms with Crippen LogP contribution in [0.15, 0.2) is 24.3 Å². The van der Waals surface area contributed by atoms with Crippen molar-refractivity contribution in [2.75, 3.05) is 17.7 Å². The van der Waals surface area contributed by atoms with E-state index < -0.39 is 18.0 Å². The lowest BCUT2D eigenvalue weighted by Gasteiger charge is -2.24. The Balaban J connectivity index is 2.78. The zero-order valence-corrected chi connectivity index (χ0v) is 12.2. The Morgan fingerprint density at radius 1 is 1.24 bits per heavy atom. The van der Waals surface area contributed by atoms with Crippen molar-refractivity contribution in [2.24, 2.45) is 0 Å². The van der Waals surface area contributed by atoms with Gasteiger partial charge in [-0.25, -0.2) is 9.59 Å². The van der Waals surface area contributed by atoms with Gasteiger partial charge in [0.25, 0.3) is 0 Å². The monoisotopic (exact) mass is 293 g/mol. The molecule has 3 amide bonds. The van der Waals surface area contributed by atoms with Crippen LogP contribution in [0.2, 0.25) is 0 Å². The number of carboxylic acid groups (broad SMARTS) is 1. The molecule has 0 aliphatic heterocycles. The van der Waals surface area contributed by atoms with Crippen LogP contribution < -0.4 is 10.6 Å². The Morgan fingerprint density at radius 3 is 2.29 bits per heavy atom. The smallest absolute Gasteiger partial charge is 0.326 e. The summed E-state index contributed by atoms with van der Waals surface area (Å²) < 4.78 is 0. The summed E-state index contributed by atoms with van der Waals surface area (Å²) in [5.74, 6) is -1.27. The Hall–Kier alpha value is -2.57. The van der Waals surface area contributed by atoms with Gasteiger partial charge in [-0.15, -0.1) is 0 Å². The SMILES string of the molecule is CCC(C(=O)O)N(C)C(=O)Nc1cccc(NC(C)=O)c1. The number of hydrogen-bond donors (Lipinski definition) is 3. The first-order valence-electron chi connectivity index (χ1n) is 6.49. The highest BCUT2D eigenvalue weighted by molar-refractivity contribution is 5.94. The van der Waals surface area contributed by atoms with Crippen LogP contribution in [0, 0.1) is 0 Å². The second-order valence-corrected chi connectivity index (χ2v) is 4.57. The predicted molar refractivity (Wildman–Crippen MR) is 79.2 cm³/mol. The van der Waals surface area contributed by atoms with E-state index in [1.54, 1.807) is 31.2 Å². The number of carbonyl (C=O) groups excluding carboxylic acids is 2. The molecule has 0 heterocycles. The summed E-state index contributed by atoms with van der Waals surface area (Å²) >= 11 is 0. The summed E-state index contributed by atoms with van der Waals surface area (Å²) in [6.07, 6.45) is 0.311. The van der Waals surface area contributed by atoms with Crippen molar-refractivity contribution in [2.45, 2.75) is 26.3 Å². The van der Waals surface area contributed by atoms with E-state index in [0.717, 1.165) is 4.90 Å². The van der Waals surface area contributed by atoms with Gasteiger partial charge in [-0.2, -0.15) is 0 Å². The maximum Gasteiger partial charge on any atom is 0.326 e. The summed E-state index contributed by atoms with van der Waals surface area (Å²) in [7, 11) is 1.43. The fraction of sp³-hybridized carbons (Fsp3) is 0.357. The number of aliphatic carboxylic acids is 1. The summed E-state index contributed by atoms with van der Waals surface area (Å²) in [5.41, 5.74) is 1.02. The van der Waals surface area contributed by atoms with Gasteiger partial charge in [0.1, 0.15) is 6.04 Å². The molecule has 7 nitrogen and oxygen atoms in total. The quantitative estimate of drug-likeness (QED) is 0.773. The Morgan fingerprint density at radius 2 is 1.81 bits per heavy atom.